The molecule has 0 aliphatic heterocycles. The third-order valence-electron chi connectivity index (χ3n) is 6.54. The first-order valence-corrected chi connectivity index (χ1v) is 8.72. The molecule has 6 atom stereocenters. The molecule has 2 N–H and O–H groups in total. The van der Waals surface area contributed by atoms with E-state index < -0.39 is 12.2 Å². The molecule has 5 rings (SSSR count). The smallest absolute Gasteiger partial charge is 0.338 e. The summed E-state index contributed by atoms with van der Waals surface area (Å²) in [5.41, 5.74) is 0.442. The standard InChI is InChI=1S/C19H24O4/c20-16-13-6-8-19(17(16)21)9-7-15(11-14(19)10-13)23-18(22)12-4-2-1-3-5-12/h1-5,13-17,20-21H,6-11H2/t13-,14-,15?,16-,17-,19-/m0/s1. The van der Waals surface area contributed by atoms with Crippen LogP contribution in [0.4, 0.5) is 0 Å². The molecule has 1 aromatic carbocycles. The topological polar surface area (TPSA) is 66.8 Å². The van der Waals surface area contributed by atoms with E-state index in [4.69, 9.17) is 4.74 Å². The van der Waals surface area contributed by atoms with Crippen molar-refractivity contribution in [3.8, 4) is 0 Å². The maximum atomic E-state index is 12.2. The fourth-order valence-corrected chi connectivity index (χ4v) is 5.25. The van der Waals surface area contributed by atoms with E-state index in [-0.39, 0.29) is 23.4 Å². The Morgan fingerprint density at radius 1 is 1.09 bits per heavy atom. The van der Waals surface area contributed by atoms with Gasteiger partial charge in [0.25, 0.3) is 0 Å². The molecule has 2 bridgehead atoms. The summed E-state index contributed by atoms with van der Waals surface area (Å²) in [6, 6.07) is 9.10. The zero-order valence-corrected chi connectivity index (χ0v) is 13.2. The second-order valence-electron chi connectivity index (χ2n) is 7.57. The minimum absolute atomic E-state index is 0.0676. The molecule has 124 valence electrons. The van der Waals surface area contributed by atoms with Gasteiger partial charge in [-0.2, -0.15) is 0 Å². The first-order chi connectivity index (χ1) is 11.1. The monoisotopic (exact) mass is 316 g/mol. The van der Waals surface area contributed by atoms with Gasteiger partial charge in [-0.05, 0) is 62.5 Å². The highest BCUT2D eigenvalue weighted by atomic mass is 16.5. The normalized spacial score (nSPS) is 42.1. The van der Waals surface area contributed by atoms with Gasteiger partial charge in [-0.3, -0.25) is 0 Å². The maximum Gasteiger partial charge on any atom is 0.338 e. The van der Waals surface area contributed by atoms with Gasteiger partial charge in [0.15, 0.2) is 0 Å². The molecule has 1 unspecified atom stereocenters. The summed E-state index contributed by atoms with van der Waals surface area (Å²) in [6.45, 7) is 0. The molecular weight excluding hydrogens is 292 g/mol. The molecule has 1 spiro atoms. The summed E-state index contributed by atoms with van der Waals surface area (Å²) in [4.78, 5) is 12.2. The fraction of sp³-hybridized carbons (Fsp3) is 0.632. The average Bonchev–Trinajstić information content (AvgIpc) is 2.59. The Bertz CT molecular complexity index is 586. The predicted molar refractivity (Wildman–Crippen MR) is 84.8 cm³/mol. The van der Waals surface area contributed by atoms with E-state index in [9.17, 15) is 15.0 Å². The van der Waals surface area contributed by atoms with Gasteiger partial charge in [0.2, 0.25) is 0 Å². The second-order valence-corrected chi connectivity index (χ2v) is 7.57. The molecule has 0 saturated heterocycles. The van der Waals surface area contributed by atoms with E-state index in [1.54, 1.807) is 12.1 Å². The van der Waals surface area contributed by atoms with E-state index in [0.29, 0.717) is 11.5 Å². The van der Waals surface area contributed by atoms with Gasteiger partial charge in [-0.25, -0.2) is 4.79 Å². The number of ether oxygens (including phenoxy) is 1. The van der Waals surface area contributed by atoms with Crippen LogP contribution in [0.3, 0.4) is 0 Å². The van der Waals surface area contributed by atoms with Crippen LogP contribution < -0.4 is 0 Å². The minimum atomic E-state index is -0.606. The summed E-state index contributed by atoms with van der Waals surface area (Å²) in [5.74, 6) is 0.315. The quantitative estimate of drug-likeness (QED) is 0.823. The number of rotatable bonds is 2. The van der Waals surface area contributed by atoms with E-state index in [1.165, 1.54) is 0 Å². The Kier molecular flexibility index (Phi) is 3.69. The van der Waals surface area contributed by atoms with Crippen molar-refractivity contribution in [3.63, 3.8) is 0 Å². The van der Waals surface area contributed by atoms with Crippen molar-refractivity contribution in [2.75, 3.05) is 0 Å². The maximum absolute atomic E-state index is 12.2. The molecule has 23 heavy (non-hydrogen) atoms. The lowest BCUT2D eigenvalue weighted by atomic mass is 9.48. The summed E-state index contributed by atoms with van der Waals surface area (Å²) in [7, 11) is 0. The van der Waals surface area contributed by atoms with Crippen LogP contribution in [-0.2, 0) is 4.74 Å². The molecular formula is C19H24O4. The fourth-order valence-electron chi connectivity index (χ4n) is 5.25. The number of esters is 1. The highest BCUT2D eigenvalue weighted by Gasteiger charge is 2.59. The van der Waals surface area contributed by atoms with Crippen molar-refractivity contribution in [2.45, 2.75) is 56.8 Å². The van der Waals surface area contributed by atoms with E-state index in [2.05, 4.69) is 0 Å². The number of hydrogen-bond acceptors (Lipinski definition) is 4. The van der Waals surface area contributed by atoms with Gasteiger partial charge in [0.1, 0.15) is 6.10 Å². The lowest BCUT2D eigenvalue weighted by molar-refractivity contribution is -0.209. The Hall–Kier alpha value is -1.39. The highest BCUT2D eigenvalue weighted by molar-refractivity contribution is 5.89. The lowest BCUT2D eigenvalue weighted by Gasteiger charge is -2.60. The van der Waals surface area contributed by atoms with Crippen molar-refractivity contribution in [1.29, 1.82) is 0 Å². The molecule has 4 aliphatic carbocycles. The molecule has 4 heteroatoms. The van der Waals surface area contributed by atoms with Crippen LogP contribution in [-0.4, -0.2) is 34.5 Å². The van der Waals surface area contributed by atoms with Gasteiger partial charge < -0.3 is 14.9 Å². The number of aliphatic hydroxyl groups excluding tert-OH is 2. The van der Waals surface area contributed by atoms with Crippen LogP contribution in [0.1, 0.15) is 48.9 Å². The summed E-state index contributed by atoms with van der Waals surface area (Å²) >= 11 is 0. The van der Waals surface area contributed by atoms with Crippen LogP contribution in [0.15, 0.2) is 30.3 Å². The van der Waals surface area contributed by atoms with Crippen LogP contribution in [0.5, 0.6) is 0 Å². The molecule has 4 aliphatic rings. The summed E-state index contributed by atoms with van der Waals surface area (Å²) < 4.78 is 5.71. The molecule has 0 aromatic heterocycles. The van der Waals surface area contributed by atoms with Crippen LogP contribution >= 0.6 is 0 Å². The molecule has 0 heterocycles. The Morgan fingerprint density at radius 3 is 2.61 bits per heavy atom. The third-order valence-corrected chi connectivity index (χ3v) is 6.54. The Morgan fingerprint density at radius 2 is 1.83 bits per heavy atom. The van der Waals surface area contributed by atoms with Crippen molar-refractivity contribution in [2.24, 2.45) is 17.3 Å². The van der Waals surface area contributed by atoms with Crippen LogP contribution in [0, 0.1) is 17.3 Å². The van der Waals surface area contributed by atoms with Crippen molar-refractivity contribution < 1.29 is 19.7 Å². The van der Waals surface area contributed by atoms with Crippen molar-refractivity contribution in [3.05, 3.63) is 35.9 Å². The van der Waals surface area contributed by atoms with Gasteiger partial charge in [-0.1, -0.05) is 18.2 Å². The SMILES string of the molecule is O=C(OC1CC[C@@]23CC[C@@H](C[C@H]2C1)[C@H](O)[C@@H]3O)c1ccccc1. The first kappa shape index (κ1) is 15.2. The number of carbonyl (C=O) groups is 1. The predicted octanol–water partition coefficient (Wildman–Crippen LogP) is 2.53. The van der Waals surface area contributed by atoms with Crippen LogP contribution in [0.2, 0.25) is 0 Å². The second kappa shape index (κ2) is 5.60. The van der Waals surface area contributed by atoms with Crippen molar-refractivity contribution in [1.82, 2.24) is 0 Å². The van der Waals surface area contributed by atoms with E-state index in [0.717, 1.165) is 38.5 Å². The van der Waals surface area contributed by atoms with Crippen LogP contribution in [0.25, 0.3) is 0 Å². The van der Waals surface area contributed by atoms with Gasteiger partial charge in [0, 0.05) is 5.41 Å². The molecule has 4 nitrogen and oxygen atoms in total. The number of carbonyl (C=O) groups excluding carboxylic acids is 1. The third kappa shape index (κ3) is 2.39. The zero-order valence-electron chi connectivity index (χ0n) is 13.2. The molecule has 0 amide bonds. The summed E-state index contributed by atoms with van der Waals surface area (Å²) in [6.07, 6.45) is 4.18. The Labute approximate surface area is 136 Å². The highest BCUT2D eigenvalue weighted by Crippen LogP contribution is 2.60. The molecule has 1 aromatic rings. The lowest BCUT2D eigenvalue weighted by Crippen LogP contribution is -2.61. The average molecular weight is 316 g/mol. The number of fused-ring (bicyclic) bond motifs is 2. The summed E-state index contributed by atoms with van der Waals surface area (Å²) in [5, 5.41) is 20.8. The van der Waals surface area contributed by atoms with Gasteiger partial charge in [-0.15, -0.1) is 0 Å². The minimum Gasteiger partial charge on any atom is -0.459 e. The number of aliphatic hydroxyl groups is 2. The largest absolute Gasteiger partial charge is 0.459 e. The molecule has 4 fully saturated rings. The van der Waals surface area contributed by atoms with Gasteiger partial charge >= 0.3 is 5.97 Å². The molecule has 0 radical (unpaired) electrons. The van der Waals surface area contributed by atoms with E-state index in [1.807, 2.05) is 18.2 Å². The molecule has 4 saturated carbocycles. The van der Waals surface area contributed by atoms with E-state index >= 15 is 0 Å². The van der Waals surface area contributed by atoms with Gasteiger partial charge in [0.05, 0.1) is 17.8 Å². The first-order valence-electron chi connectivity index (χ1n) is 8.72. The Balaban J connectivity index is 1.45. The van der Waals surface area contributed by atoms with Crippen molar-refractivity contribution >= 4 is 5.97 Å². The number of benzene rings is 1. The zero-order chi connectivity index (χ0) is 16.0. The number of hydrogen-bond donors (Lipinski definition) is 2.